The molecule has 0 radical (unpaired) electrons. The predicted octanol–water partition coefficient (Wildman–Crippen LogP) is 2.69. The lowest BCUT2D eigenvalue weighted by Crippen LogP contribution is -2.26. The van der Waals surface area contributed by atoms with Gasteiger partial charge in [0.2, 0.25) is 10.0 Å². The zero-order valence-corrected chi connectivity index (χ0v) is 16.8. The molecule has 0 bridgehead atoms. The molecule has 0 fully saturated rings. The van der Waals surface area contributed by atoms with Gasteiger partial charge in [0.1, 0.15) is 11.6 Å². The van der Waals surface area contributed by atoms with Gasteiger partial charge in [-0.15, -0.1) is 0 Å². The van der Waals surface area contributed by atoms with Gasteiger partial charge in [-0.1, -0.05) is 6.07 Å². The second kappa shape index (κ2) is 8.45. The van der Waals surface area contributed by atoms with Gasteiger partial charge in [-0.25, -0.2) is 23.1 Å². The number of hydrogen-bond donors (Lipinski definition) is 1. The van der Waals surface area contributed by atoms with Crippen LogP contribution in [0.25, 0.3) is 11.1 Å². The lowest BCUT2D eigenvalue weighted by Gasteiger charge is -2.12. The predicted molar refractivity (Wildman–Crippen MR) is 107 cm³/mol. The maximum atomic E-state index is 12.7. The molecule has 0 saturated carbocycles. The van der Waals surface area contributed by atoms with E-state index in [0.717, 1.165) is 11.4 Å². The number of ether oxygens (including phenoxy) is 1. The van der Waals surface area contributed by atoms with E-state index in [2.05, 4.69) is 19.7 Å². The highest BCUT2D eigenvalue weighted by Gasteiger charge is 2.17. The minimum absolute atomic E-state index is 0.154. The Bertz CT molecular complexity index is 1070. The van der Waals surface area contributed by atoms with Crippen molar-refractivity contribution in [2.24, 2.45) is 0 Å². The van der Waals surface area contributed by atoms with Crippen LogP contribution in [0.5, 0.6) is 5.75 Å². The number of rotatable bonds is 7. The van der Waals surface area contributed by atoms with E-state index in [1.807, 2.05) is 25.1 Å². The minimum atomic E-state index is -3.68. The average molecular weight is 398 g/mol. The summed E-state index contributed by atoms with van der Waals surface area (Å²) < 4.78 is 33.4. The first kappa shape index (κ1) is 19.9. The molecule has 1 N–H and O–H groups in total. The van der Waals surface area contributed by atoms with Gasteiger partial charge in [-0.05, 0) is 44.2 Å². The molecule has 0 amide bonds. The summed E-state index contributed by atoms with van der Waals surface area (Å²) in [5, 5.41) is 0. The normalized spacial score (nSPS) is 11.4. The van der Waals surface area contributed by atoms with E-state index in [0.29, 0.717) is 29.1 Å². The molecule has 3 aromatic rings. The molecule has 0 aliphatic heterocycles. The van der Waals surface area contributed by atoms with Gasteiger partial charge in [-0.3, -0.25) is 4.98 Å². The summed E-state index contributed by atoms with van der Waals surface area (Å²) in [6.45, 7) is 3.95. The summed E-state index contributed by atoms with van der Waals surface area (Å²) in [5.41, 5.74) is 3.05. The number of methoxy groups -OCH3 is 1. The molecule has 0 unspecified atom stereocenters. The molecule has 7 nitrogen and oxygen atoms in total. The van der Waals surface area contributed by atoms with Crippen LogP contribution >= 0.6 is 0 Å². The highest BCUT2D eigenvalue weighted by atomic mass is 32.2. The van der Waals surface area contributed by atoms with Crippen LogP contribution in [0.15, 0.2) is 53.7 Å². The van der Waals surface area contributed by atoms with E-state index in [9.17, 15) is 8.42 Å². The molecule has 0 atom stereocenters. The quantitative estimate of drug-likeness (QED) is 0.658. The summed E-state index contributed by atoms with van der Waals surface area (Å²) >= 11 is 0. The number of sulfonamides is 1. The van der Waals surface area contributed by atoms with Crippen LogP contribution in [0.4, 0.5) is 0 Å². The Morgan fingerprint density at radius 3 is 2.50 bits per heavy atom. The third kappa shape index (κ3) is 4.71. The number of aromatic nitrogens is 3. The zero-order chi connectivity index (χ0) is 20.1. The molecule has 1 aromatic carbocycles. The van der Waals surface area contributed by atoms with Crippen LogP contribution in [0.2, 0.25) is 0 Å². The number of nitrogens with zero attached hydrogens (tertiary/aromatic N) is 3. The van der Waals surface area contributed by atoms with Gasteiger partial charge >= 0.3 is 0 Å². The fourth-order valence-electron chi connectivity index (χ4n) is 2.75. The lowest BCUT2D eigenvalue weighted by molar-refractivity contribution is 0.416. The van der Waals surface area contributed by atoms with Crippen molar-refractivity contribution in [1.82, 2.24) is 19.7 Å². The van der Waals surface area contributed by atoms with Gasteiger partial charge < -0.3 is 4.74 Å². The third-order valence-corrected chi connectivity index (χ3v) is 5.65. The van der Waals surface area contributed by atoms with Crippen LogP contribution in [-0.2, 0) is 16.4 Å². The van der Waals surface area contributed by atoms with E-state index in [1.165, 1.54) is 13.2 Å². The van der Waals surface area contributed by atoms with E-state index in [1.54, 1.807) is 31.5 Å². The fourth-order valence-corrected chi connectivity index (χ4v) is 3.80. The Morgan fingerprint density at radius 1 is 1.07 bits per heavy atom. The fraction of sp³-hybridized carbons (Fsp3) is 0.250. The van der Waals surface area contributed by atoms with Crippen molar-refractivity contribution in [2.75, 3.05) is 13.7 Å². The number of pyridine rings is 1. The summed E-state index contributed by atoms with van der Waals surface area (Å²) in [4.78, 5) is 12.9. The van der Waals surface area contributed by atoms with Crippen LogP contribution in [-0.4, -0.2) is 37.0 Å². The van der Waals surface area contributed by atoms with Gasteiger partial charge in [0, 0.05) is 47.9 Å². The first-order valence-corrected chi connectivity index (χ1v) is 10.3. The minimum Gasteiger partial charge on any atom is -0.496 e. The van der Waals surface area contributed by atoms with Crippen molar-refractivity contribution < 1.29 is 13.2 Å². The number of aryl methyl sites for hydroxylation is 2. The van der Waals surface area contributed by atoms with E-state index in [-0.39, 0.29) is 11.4 Å². The highest BCUT2D eigenvalue weighted by molar-refractivity contribution is 7.89. The van der Waals surface area contributed by atoms with Gasteiger partial charge in [0.05, 0.1) is 12.0 Å². The second-order valence-corrected chi connectivity index (χ2v) is 8.07. The standard InChI is InChI=1S/C20H22N4O3S/c1-14-5-4-6-17(24-14)9-10-23-28(25,26)18-7-8-20(27-3)19(11-18)16-12-21-15(2)22-13-16/h4-8,11-13,23H,9-10H2,1-3H3. The number of nitrogens with one attached hydrogen (secondary N) is 1. The van der Waals surface area contributed by atoms with Gasteiger partial charge in [0.15, 0.2) is 0 Å². The Balaban J connectivity index is 1.81. The molecule has 2 aromatic heterocycles. The SMILES string of the molecule is COc1ccc(S(=O)(=O)NCCc2cccc(C)n2)cc1-c1cnc(C)nc1. The smallest absolute Gasteiger partial charge is 0.240 e. The molecule has 0 aliphatic rings. The van der Waals surface area contributed by atoms with Gasteiger partial charge in [0.25, 0.3) is 0 Å². The zero-order valence-electron chi connectivity index (χ0n) is 16.0. The van der Waals surface area contributed by atoms with Crippen LogP contribution in [0.3, 0.4) is 0 Å². The first-order chi connectivity index (χ1) is 13.4. The maximum absolute atomic E-state index is 12.7. The molecule has 0 aliphatic carbocycles. The van der Waals surface area contributed by atoms with Crippen molar-refractivity contribution in [3.8, 4) is 16.9 Å². The maximum Gasteiger partial charge on any atom is 0.240 e. The summed E-state index contributed by atoms with van der Waals surface area (Å²) in [6, 6.07) is 10.4. The summed E-state index contributed by atoms with van der Waals surface area (Å²) in [5.74, 6) is 1.19. The molecular formula is C20H22N4O3S. The third-order valence-electron chi connectivity index (χ3n) is 4.19. The first-order valence-electron chi connectivity index (χ1n) is 8.78. The summed E-state index contributed by atoms with van der Waals surface area (Å²) in [6.07, 6.45) is 3.80. The Kier molecular flexibility index (Phi) is 6.01. The Hall–Kier alpha value is -2.84. The molecule has 3 rings (SSSR count). The molecule has 8 heteroatoms. The van der Waals surface area contributed by atoms with Crippen molar-refractivity contribution in [2.45, 2.75) is 25.2 Å². The van der Waals surface area contributed by atoms with Crippen molar-refractivity contribution in [1.29, 1.82) is 0 Å². The largest absolute Gasteiger partial charge is 0.496 e. The highest BCUT2D eigenvalue weighted by Crippen LogP contribution is 2.31. The van der Waals surface area contributed by atoms with E-state index < -0.39 is 10.0 Å². The lowest BCUT2D eigenvalue weighted by atomic mass is 10.1. The Labute approximate surface area is 164 Å². The molecule has 2 heterocycles. The van der Waals surface area contributed by atoms with Crippen molar-refractivity contribution in [3.05, 3.63) is 66.0 Å². The average Bonchev–Trinajstić information content (AvgIpc) is 2.68. The van der Waals surface area contributed by atoms with Crippen LogP contribution in [0.1, 0.15) is 17.2 Å². The molecule has 146 valence electrons. The Morgan fingerprint density at radius 2 is 1.82 bits per heavy atom. The number of hydrogen-bond acceptors (Lipinski definition) is 6. The monoisotopic (exact) mass is 398 g/mol. The molecular weight excluding hydrogens is 376 g/mol. The summed E-state index contributed by atoms with van der Waals surface area (Å²) in [7, 11) is -2.14. The van der Waals surface area contributed by atoms with E-state index in [4.69, 9.17) is 4.74 Å². The number of benzene rings is 1. The molecule has 0 saturated heterocycles. The van der Waals surface area contributed by atoms with Crippen molar-refractivity contribution in [3.63, 3.8) is 0 Å². The molecule has 28 heavy (non-hydrogen) atoms. The van der Waals surface area contributed by atoms with E-state index >= 15 is 0 Å². The van der Waals surface area contributed by atoms with Crippen LogP contribution in [0, 0.1) is 13.8 Å². The van der Waals surface area contributed by atoms with Crippen molar-refractivity contribution >= 4 is 10.0 Å². The second-order valence-electron chi connectivity index (χ2n) is 6.30. The molecule has 0 spiro atoms. The van der Waals surface area contributed by atoms with Crippen LogP contribution < -0.4 is 9.46 Å². The van der Waals surface area contributed by atoms with Gasteiger partial charge in [-0.2, -0.15) is 0 Å². The topological polar surface area (TPSA) is 94.1 Å².